The van der Waals surface area contributed by atoms with Crippen LogP contribution in [0.1, 0.15) is 21.5 Å². The van der Waals surface area contributed by atoms with Crippen LogP contribution in [-0.4, -0.2) is 12.5 Å². The van der Waals surface area contributed by atoms with Crippen LogP contribution in [0.15, 0.2) is 35.7 Å². The summed E-state index contributed by atoms with van der Waals surface area (Å²) >= 11 is 1.34. The van der Waals surface area contributed by atoms with E-state index in [1.165, 1.54) is 11.3 Å². The average molecular weight is 271 g/mol. The van der Waals surface area contributed by atoms with Gasteiger partial charge in [-0.05, 0) is 36.0 Å². The third kappa shape index (κ3) is 2.99. The Morgan fingerprint density at radius 1 is 1.37 bits per heavy atom. The van der Waals surface area contributed by atoms with E-state index in [1.54, 1.807) is 17.5 Å². The lowest BCUT2D eigenvalue weighted by atomic mass is 10.0. The van der Waals surface area contributed by atoms with Crippen molar-refractivity contribution < 1.29 is 4.79 Å². The number of rotatable bonds is 4. The molecule has 1 heterocycles. The molecule has 0 aliphatic heterocycles. The Morgan fingerprint density at radius 3 is 2.89 bits per heavy atom. The number of nitrogens with two attached hydrogens (primary N) is 1. The Kier molecular flexibility index (Phi) is 4.29. The molecule has 96 valence electrons. The van der Waals surface area contributed by atoms with Gasteiger partial charge < -0.3 is 11.1 Å². The predicted molar refractivity (Wildman–Crippen MR) is 76.2 cm³/mol. The summed E-state index contributed by atoms with van der Waals surface area (Å²) < 4.78 is 0. The Labute approximate surface area is 115 Å². The van der Waals surface area contributed by atoms with Gasteiger partial charge in [0.05, 0.1) is 5.56 Å². The molecule has 0 bridgehead atoms. The molecule has 0 aliphatic carbocycles. The molecule has 1 aromatic heterocycles. The molecule has 0 aliphatic rings. The minimum atomic E-state index is -0.206. The summed E-state index contributed by atoms with van der Waals surface area (Å²) in [5.41, 5.74) is 7.54. The minimum Gasteiger partial charge on any atom is -0.330 e. The molecule has 5 heteroatoms. The van der Waals surface area contributed by atoms with Crippen molar-refractivity contribution in [1.82, 2.24) is 0 Å². The second kappa shape index (κ2) is 6.14. The zero-order valence-corrected chi connectivity index (χ0v) is 11.0. The van der Waals surface area contributed by atoms with E-state index in [0.29, 0.717) is 29.1 Å². The van der Waals surface area contributed by atoms with Gasteiger partial charge >= 0.3 is 0 Å². The van der Waals surface area contributed by atoms with Crippen LogP contribution in [0.3, 0.4) is 0 Å². The highest BCUT2D eigenvalue weighted by molar-refractivity contribution is 7.14. The lowest BCUT2D eigenvalue weighted by molar-refractivity contribution is 0.102. The van der Waals surface area contributed by atoms with Gasteiger partial charge in [-0.25, -0.2) is 0 Å². The van der Waals surface area contributed by atoms with Crippen molar-refractivity contribution in [3.05, 3.63) is 52.4 Å². The highest BCUT2D eigenvalue weighted by Gasteiger charge is 2.13. The van der Waals surface area contributed by atoms with Crippen molar-refractivity contribution in [2.45, 2.75) is 6.42 Å². The molecule has 1 aromatic carbocycles. The summed E-state index contributed by atoms with van der Waals surface area (Å²) in [5, 5.41) is 14.0. The largest absolute Gasteiger partial charge is 0.330 e. The van der Waals surface area contributed by atoms with Gasteiger partial charge in [0.1, 0.15) is 11.1 Å². The normalized spacial score (nSPS) is 9.89. The van der Waals surface area contributed by atoms with Gasteiger partial charge in [-0.3, -0.25) is 4.79 Å². The monoisotopic (exact) mass is 271 g/mol. The van der Waals surface area contributed by atoms with Crippen molar-refractivity contribution in [2.75, 3.05) is 11.9 Å². The van der Waals surface area contributed by atoms with Crippen molar-refractivity contribution in [2.24, 2.45) is 5.73 Å². The van der Waals surface area contributed by atoms with E-state index in [9.17, 15) is 4.79 Å². The van der Waals surface area contributed by atoms with E-state index in [1.807, 2.05) is 24.3 Å². The molecule has 0 spiro atoms. The lowest BCUT2D eigenvalue weighted by Crippen LogP contribution is -2.15. The van der Waals surface area contributed by atoms with Gasteiger partial charge in [0.15, 0.2) is 0 Å². The Balaban J connectivity index is 2.23. The van der Waals surface area contributed by atoms with Crippen LogP contribution in [0.25, 0.3) is 0 Å². The van der Waals surface area contributed by atoms with Crippen molar-refractivity contribution in [3.8, 4) is 6.07 Å². The van der Waals surface area contributed by atoms with Gasteiger partial charge in [-0.1, -0.05) is 18.2 Å². The molecule has 2 rings (SSSR count). The molecule has 0 unspecified atom stereocenters. The first-order chi connectivity index (χ1) is 9.26. The van der Waals surface area contributed by atoms with Gasteiger partial charge in [0, 0.05) is 5.56 Å². The van der Waals surface area contributed by atoms with Crippen LogP contribution >= 0.6 is 11.3 Å². The second-order valence-corrected chi connectivity index (χ2v) is 4.84. The lowest BCUT2D eigenvalue weighted by Gasteiger charge is -2.08. The standard InChI is InChI=1S/C14H13N3OS/c15-7-5-10-3-1-2-4-12(10)13(18)17-14-11(9-16)6-8-19-14/h1-4,6,8H,5,7,15H2,(H,17,18). The Bertz CT molecular complexity index is 628. The molecular formula is C14H13N3OS. The zero-order valence-electron chi connectivity index (χ0n) is 10.2. The summed E-state index contributed by atoms with van der Waals surface area (Å²) in [6.45, 7) is 0.493. The summed E-state index contributed by atoms with van der Waals surface area (Å²) in [4.78, 5) is 12.2. The highest BCUT2D eigenvalue weighted by atomic mass is 32.1. The number of hydrogen-bond acceptors (Lipinski definition) is 4. The maximum absolute atomic E-state index is 12.2. The number of anilines is 1. The third-order valence-electron chi connectivity index (χ3n) is 2.69. The number of nitrogens with zero attached hydrogens (tertiary/aromatic N) is 1. The number of carbonyl (C=O) groups excluding carboxylic acids is 1. The van der Waals surface area contributed by atoms with Gasteiger partial charge in [0.25, 0.3) is 5.91 Å². The van der Waals surface area contributed by atoms with E-state index in [4.69, 9.17) is 11.0 Å². The topological polar surface area (TPSA) is 78.9 Å². The fraction of sp³-hybridized carbons (Fsp3) is 0.143. The molecule has 3 N–H and O–H groups in total. The molecule has 19 heavy (non-hydrogen) atoms. The van der Waals surface area contributed by atoms with Crippen LogP contribution in [0.5, 0.6) is 0 Å². The van der Waals surface area contributed by atoms with Crippen molar-refractivity contribution in [3.63, 3.8) is 0 Å². The molecule has 1 amide bonds. The van der Waals surface area contributed by atoms with E-state index in [0.717, 1.165) is 5.56 Å². The van der Waals surface area contributed by atoms with Crippen LogP contribution in [0.2, 0.25) is 0 Å². The van der Waals surface area contributed by atoms with Crippen LogP contribution < -0.4 is 11.1 Å². The Morgan fingerprint density at radius 2 is 2.16 bits per heavy atom. The van der Waals surface area contributed by atoms with E-state index >= 15 is 0 Å². The molecular weight excluding hydrogens is 258 g/mol. The van der Waals surface area contributed by atoms with E-state index < -0.39 is 0 Å². The van der Waals surface area contributed by atoms with Crippen LogP contribution in [-0.2, 0) is 6.42 Å². The van der Waals surface area contributed by atoms with E-state index in [2.05, 4.69) is 5.32 Å². The average Bonchev–Trinajstić information content (AvgIpc) is 2.87. The number of hydrogen-bond donors (Lipinski definition) is 2. The number of carbonyl (C=O) groups is 1. The molecule has 0 atom stereocenters. The van der Waals surface area contributed by atoms with Crippen molar-refractivity contribution in [1.29, 1.82) is 5.26 Å². The maximum atomic E-state index is 12.2. The van der Waals surface area contributed by atoms with Gasteiger partial charge in [-0.2, -0.15) is 5.26 Å². The zero-order chi connectivity index (χ0) is 13.7. The molecule has 0 fully saturated rings. The predicted octanol–water partition coefficient (Wildman–Crippen LogP) is 2.37. The smallest absolute Gasteiger partial charge is 0.256 e. The van der Waals surface area contributed by atoms with Gasteiger partial charge in [-0.15, -0.1) is 11.3 Å². The maximum Gasteiger partial charge on any atom is 0.256 e. The fourth-order valence-electron chi connectivity index (χ4n) is 1.78. The third-order valence-corrected chi connectivity index (χ3v) is 3.52. The first-order valence-electron chi connectivity index (χ1n) is 5.83. The highest BCUT2D eigenvalue weighted by Crippen LogP contribution is 2.23. The van der Waals surface area contributed by atoms with Crippen LogP contribution in [0.4, 0.5) is 5.00 Å². The number of nitriles is 1. The SMILES string of the molecule is N#Cc1ccsc1NC(=O)c1ccccc1CCN. The van der Waals surface area contributed by atoms with Crippen molar-refractivity contribution >= 4 is 22.2 Å². The number of thiophene rings is 1. The number of nitrogens with one attached hydrogen (secondary N) is 1. The summed E-state index contributed by atoms with van der Waals surface area (Å²) in [5.74, 6) is -0.206. The fourth-order valence-corrected chi connectivity index (χ4v) is 2.51. The minimum absolute atomic E-state index is 0.206. The van der Waals surface area contributed by atoms with E-state index in [-0.39, 0.29) is 5.91 Å². The quantitative estimate of drug-likeness (QED) is 0.896. The summed E-state index contributed by atoms with van der Waals surface area (Å²) in [6.07, 6.45) is 0.652. The summed E-state index contributed by atoms with van der Waals surface area (Å²) in [7, 11) is 0. The van der Waals surface area contributed by atoms with Gasteiger partial charge in [0.2, 0.25) is 0 Å². The molecule has 2 aromatic rings. The molecule has 0 saturated carbocycles. The number of benzene rings is 1. The molecule has 0 saturated heterocycles. The molecule has 0 radical (unpaired) electrons. The Hall–Kier alpha value is -2.16. The molecule has 4 nitrogen and oxygen atoms in total. The first kappa shape index (κ1) is 13.3. The summed E-state index contributed by atoms with van der Waals surface area (Å²) in [6, 6.07) is 11.1. The second-order valence-electron chi connectivity index (χ2n) is 3.93. The number of amides is 1. The first-order valence-corrected chi connectivity index (χ1v) is 6.71. The van der Waals surface area contributed by atoms with Crippen LogP contribution in [0, 0.1) is 11.3 Å².